The summed E-state index contributed by atoms with van der Waals surface area (Å²) in [6, 6.07) is 2.46. The molecule has 5 rings (SSSR count). The molecule has 0 spiro atoms. The largest absolute Gasteiger partial charge is 0.383 e. The molecule has 1 atom stereocenters. The number of nitrogens with zero attached hydrogens (tertiary/aromatic N) is 6. The molecule has 3 N–H and O–H groups in total. The molecule has 0 aliphatic carbocycles. The maximum absolute atomic E-state index is 14.0. The topological polar surface area (TPSA) is 124 Å². The van der Waals surface area contributed by atoms with Crippen LogP contribution in [0.25, 0.3) is 17.2 Å². The van der Waals surface area contributed by atoms with Crippen LogP contribution >= 0.6 is 0 Å². The number of hydrogen-bond acceptors (Lipinski definition) is 7. The molecule has 0 saturated heterocycles. The molecular weight excluding hydrogens is 542 g/mol. The summed E-state index contributed by atoms with van der Waals surface area (Å²) in [5.41, 5.74) is 5.03. The quantitative estimate of drug-likeness (QED) is 0.310. The average molecular weight is 564 g/mol. The Hall–Kier alpha value is -4.30. The number of rotatable bonds is 7. The Bertz CT molecular complexity index is 1630. The van der Waals surface area contributed by atoms with Gasteiger partial charge in [0.05, 0.1) is 11.3 Å². The van der Waals surface area contributed by atoms with Crippen molar-refractivity contribution in [1.82, 2.24) is 29.3 Å². The molecule has 0 aromatic carbocycles. The van der Waals surface area contributed by atoms with E-state index >= 15 is 0 Å². The molecule has 4 aromatic heterocycles. The van der Waals surface area contributed by atoms with Crippen LogP contribution in [0.4, 0.5) is 38.0 Å². The molecule has 210 valence electrons. The molecule has 4 aromatic rings. The molecule has 1 amide bonds. The van der Waals surface area contributed by atoms with E-state index in [9.17, 15) is 31.1 Å². The van der Waals surface area contributed by atoms with E-state index in [1.54, 1.807) is 0 Å². The van der Waals surface area contributed by atoms with Crippen molar-refractivity contribution in [2.24, 2.45) is 0 Å². The van der Waals surface area contributed by atoms with E-state index in [4.69, 9.17) is 5.73 Å². The van der Waals surface area contributed by atoms with E-state index in [2.05, 4.69) is 30.2 Å². The summed E-state index contributed by atoms with van der Waals surface area (Å²) in [6.45, 7) is 2.37. The number of pyridine rings is 1. The average Bonchev–Trinajstić information content (AvgIpc) is 3.44. The lowest BCUT2D eigenvalue weighted by molar-refractivity contribution is -0.200. The van der Waals surface area contributed by atoms with Crippen LogP contribution in [0.3, 0.4) is 0 Å². The minimum Gasteiger partial charge on any atom is -0.383 e. The zero-order valence-corrected chi connectivity index (χ0v) is 21.3. The fourth-order valence-corrected chi connectivity index (χ4v) is 4.51. The van der Waals surface area contributed by atoms with Crippen molar-refractivity contribution in [3.8, 4) is 11.5 Å². The Morgan fingerprint density at radius 1 is 1.05 bits per heavy atom. The number of aromatic nitrogens is 6. The molecule has 40 heavy (non-hydrogen) atoms. The summed E-state index contributed by atoms with van der Waals surface area (Å²) in [4.78, 5) is 33.9. The Kier molecular flexibility index (Phi) is 6.04. The minimum absolute atomic E-state index is 0.00172. The van der Waals surface area contributed by atoms with Gasteiger partial charge in [-0.1, -0.05) is 6.07 Å². The van der Waals surface area contributed by atoms with E-state index in [0.29, 0.717) is 6.92 Å². The molecule has 15 heteroatoms. The number of halogens is 6. The molecule has 1 aliphatic rings. The number of amides is 1. The lowest BCUT2D eigenvalue weighted by Crippen LogP contribution is -2.38. The fourth-order valence-electron chi connectivity index (χ4n) is 4.51. The number of nitrogens with one attached hydrogen (secondary N) is 1. The molecule has 1 aliphatic heterocycles. The van der Waals surface area contributed by atoms with Gasteiger partial charge in [0.25, 0.3) is 5.92 Å². The van der Waals surface area contributed by atoms with Crippen LogP contribution in [-0.4, -0.2) is 47.1 Å². The van der Waals surface area contributed by atoms with Gasteiger partial charge >= 0.3 is 11.8 Å². The van der Waals surface area contributed by atoms with E-state index in [0.717, 1.165) is 12.3 Å². The van der Waals surface area contributed by atoms with Gasteiger partial charge in [0.15, 0.2) is 11.5 Å². The predicted molar refractivity (Wildman–Crippen MR) is 131 cm³/mol. The van der Waals surface area contributed by atoms with Crippen molar-refractivity contribution in [3.05, 3.63) is 59.4 Å². The highest BCUT2D eigenvalue weighted by atomic mass is 19.3. The van der Waals surface area contributed by atoms with Crippen molar-refractivity contribution >= 4 is 23.2 Å². The van der Waals surface area contributed by atoms with Crippen LogP contribution in [0.5, 0.6) is 0 Å². The molecule has 0 radical (unpaired) electrons. The van der Waals surface area contributed by atoms with Gasteiger partial charge in [0, 0.05) is 45.1 Å². The lowest BCUT2D eigenvalue weighted by Gasteiger charge is -2.23. The first-order valence-corrected chi connectivity index (χ1v) is 12.0. The summed E-state index contributed by atoms with van der Waals surface area (Å²) >= 11 is 0. The van der Waals surface area contributed by atoms with Gasteiger partial charge in [0.1, 0.15) is 28.4 Å². The van der Waals surface area contributed by atoms with Gasteiger partial charge in [-0.2, -0.15) is 17.6 Å². The zero-order chi connectivity index (χ0) is 29.3. The van der Waals surface area contributed by atoms with Crippen molar-refractivity contribution < 1.29 is 31.1 Å². The predicted octanol–water partition coefficient (Wildman–Crippen LogP) is 4.76. The second-order valence-electron chi connectivity index (χ2n) is 9.88. The number of nitrogens with two attached hydrogens (primary N) is 1. The summed E-state index contributed by atoms with van der Waals surface area (Å²) in [6.07, 6.45) is 3.78. The first-order valence-electron chi connectivity index (χ1n) is 12.0. The third-order valence-electron chi connectivity index (χ3n) is 6.90. The summed E-state index contributed by atoms with van der Waals surface area (Å²) in [5, 5.41) is 2.62. The standard InChI is InChI=1S/C25H22F6N8O/c1-22(12-4-5-15(34-10-12)23(2,26)27)16-17(32)36-18(37-19(16)38-21(22)40)14-11-39-9-8-33-20(39)13(35-14)6-7-25(30,31)24(3,28)29/h4-5,8-11H,6-7H2,1-3H3,(H3,32,36,37,38,40). The van der Waals surface area contributed by atoms with Gasteiger partial charge in [-0.25, -0.2) is 28.7 Å². The Labute approximate surface area is 222 Å². The number of nitrogen functional groups attached to an aromatic ring is 1. The third-order valence-corrected chi connectivity index (χ3v) is 6.90. The molecule has 0 bridgehead atoms. The monoisotopic (exact) mass is 564 g/mol. The molecule has 5 heterocycles. The van der Waals surface area contributed by atoms with Gasteiger partial charge in [-0.3, -0.25) is 9.78 Å². The van der Waals surface area contributed by atoms with Gasteiger partial charge < -0.3 is 15.5 Å². The number of carbonyl (C=O) groups is 1. The van der Waals surface area contributed by atoms with Gasteiger partial charge in [-0.15, -0.1) is 0 Å². The van der Waals surface area contributed by atoms with Crippen LogP contribution in [-0.2, 0) is 22.6 Å². The minimum atomic E-state index is -4.28. The van der Waals surface area contributed by atoms with Crippen molar-refractivity contribution in [2.75, 3.05) is 11.1 Å². The molecule has 9 nitrogen and oxygen atoms in total. The second-order valence-corrected chi connectivity index (χ2v) is 9.88. The number of imidazole rings is 1. The molecule has 0 fully saturated rings. The number of anilines is 2. The number of hydrogen-bond donors (Lipinski definition) is 2. The first kappa shape index (κ1) is 27.3. The summed E-state index contributed by atoms with van der Waals surface area (Å²) in [5.74, 6) is -12.4. The zero-order valence-electron chi connectivity index (χ0n) is 21.3. The van der Waals surface area contributed by atoms with Gasteiger partial charge in [0.2, 0.25) is 5.91 Å². The van der Waals surface area contributed by atoms with Crippen LogP contribution < -0.4 is 11.1 Å². The smallest absolute Gasteiger partial charge is 0.310 e. The molecule has 0 saturated carbocycles. The summed E-state index contributed by atoms with van der Waals surface area (Å²) in [7, 11) is 0. The first-order chi connectivity index (χ1) is 18.5. The Balaban J connectivity index is 1.54. The number of alkyl halides is 6. The van der Waals surface area contributed by atoms with Crippen LogP contribution in [0, 0.1) is 0 Å². The van der Waals surface area contributed by atoms with E-state index in [-0.39, 0.29) is 52.5 Å². The number of carbonyl (C=O) groups excluding carboxylic acids is 1. The summed E-state index contributed by atoms with van der Waals surface area (Å²) < 4.78 is 83.4. The lowest BCUT2D eigenvalue weighted by atomic mass is 9.78. The van der Waals surface area contributed by atoms with Crippen molar-refractivity contribution in [2.45, 2.75) is 56.8 Å². The molecular formula is C25H22F6N8O. The maximum atomic E-state index is 14.0. The van der Waals surface area contributed by atoms with E-state index in [1.165, 1.54) is 36.0 Å². The highest BCUT2D eigenvalue weighted by Crippen LogP contribution is 2.45. The van der Waals surface area contributed by atoms with Crippen LogP contribution in [0.1, 0.15) is 49.7 Å². The second kappa shape index (κ2) is 8.86. The van der Waals surface area contributed by atoms with Crippen molar-refractivity contribution in [1.29, 1.82) is 0 Å². The third kappa shape index (κ3) is 4.38. The Morgan fingerprint density at radius 2 is 1.77 bits per heavy atom. The van der Waals surface area contributed by atoms with Crippen LogP contribution in [0.15, 0.2) is 36.9 Å². The molecule has 1 unspecified atom stereocenters. The van der Waals surface area contributed by atoms with E-state index < -0.39 is 47.6 Å². The number of aryl methyl sites for hydroxylation is 1. The highest BCUT2D eigenvalue weighted by molar-refractivity contribution is 6.09. The normalized spacial score (nSPS) is 17.8. The van der Waals surface area contributed by atoms with Gasteiger partial charge in [-0.05, 0) is 25.0 Å². The highest BCUT2D eigenvalue weighted by Gasteiger charge is 2.51. The van der Waals surface area contributed by atoms with E-state index in [1.807, 2.05) is 0 Å². The number of fused-ring (bicyclic) bond motifs is 2. The fraction of sp³-hybridized carbons (Fsp3) is 0.360. The van der Waals surface area contributed by atoms with Crippen LogP contribution in [0.2, 0.25) is 0 Å². The van der Waals surface area contributed by atoms with Crippen molar-refractivity contribution in [3.63, 3.8) is 0 Å². The SMILES string of the molecule is CC(F)(F)c1ccc(C2(C)C(=O)Nc3nc(-c4cn5ccnc5c(CCC(F)(F)C(C)(F)F)n4)nc(N)c32)cn1. The maximum Gasteiger partial charge on any atom is 0.310 e. The Morgan fingerprint density at radius 3 is 2.40 bits per heavy atom.